The summed E-state index contributed by atoms with van der Waals surface area (Å²) in [7, 11) is -2.03. The molecule has 0 radical (unpaired) electrons. The molecule has 0 unspecified atom stereocenters. The highest BCUT2D eigenvalue weighted by Crippen LogP contribution is 2.42. The van der Waals surface area contributed by atoms with Crippen LogP contribution in [-0.2, 0) is 11.0 Å². The maximum absolute atomic E-state index is 13.4. The van der Waals surface area contributed by atoms with Crippen molar-refractivity contribution in [3.63, 3.8) is 0 Å². The van der Waals surface area contributed by atoms with Crippen LogP contribution in [0.2, 0.25) is 16.6 Å². The Kier molecular flexibility index (Phi) is 6.25. The normalized spacial score (nSPS) is 12.5. The van der Waals surface area contributed by atoms with Crippen LogP contribution in [0.15, 0.2) is 18.2 Å². The predicted octanol–water partition coefficient (Wildman–Crippen LogP) is 5.43. The fourth-order valence-corrected chi connectivity index (χ4v) is 8.91. The monoisotopic (exact) mass is 327 g/mol. The SMILES string of the molecule is CC(C)[Si](OCc1ccc(F)c([N+](=O)[O-])c1)(C(C)C)C(C)C. The van der Waals surface area contributed by atoms with Crippen molar-refractivity contribution in [2.75, 3.05) is 0 Å². The number of nitro benzene ring substituents is 1. The lowest BCUT2D eigenvalue weighted by Gasteiger charge is -2.42. The smallest absolute Gasteiger partial charge is 0.305 e. The Labute approximate surface area is 133 Å². The van der Waals surface area contributed by atoms with Gasteiger partial charge in [0.25, 0.3) is 0 Å². The molecule has 0 atom stereocenters. The second-order valence-electron chi connectivity index (χ2n) is 6.65. The number of hydrogen-bond donors (Lipinski definition) is 0. The van der Waals surface area contributed by atoms with Gasteiger partial charge in [0.05, 0.1) is 11.5 Å². The lowest BCUT2D eigenvalue weighted by Crippen LogP contribution is -2.47. The fraction of sp³-hybridized carbons (Fsp3) is 0.625. The molecule has 0 saturated carbocycles. The summed E-state index contributed by atoms with van der Waals surface area (Å²) in [5, 5.41) is 10.8. The van der Waals surface area contributed by atoms with Gasteiger partial charge in [-0.25, -0.2) is 0 Å². The first kappa shape index (κ1) is 18.8. The van der Waals surface area contributed by atoms with E-state index in [1.807, 2.05) is 0 Å². The van der Waals surface area contributed by atoms with E-state index in [4.69, 9.17) is 4.43 Å². The second-order valence-corrected chi connectivity index (χ2v) is 12.1. The molecule has 0 aliphatic heterocycles. The van der Waals surface area contributed by atoms with Crippen molar-refractivity contribution in [2.45, 2.75) is 64.8 Å². The molecule has 1 rings (SSSR count). The summed E-state index contributed by atoms with van der Waals surface area (Å²) < 4.78 is 19.8. The van der Waals surface area contributed by atoms with E-state index in [1.165, 1.54) is 6.07 Å². The summed E-state index contributed by atoms with van der Waals surface area (Å²) in [5.74, 6) is -0.811. The molecule has 6 heteroatoms. The largest absolute Gasteiger partial charge is 0.412 e. The molecule has 0 N–H and O–H groups in total. The van der Waals surface area contributed by atoms with Crippen LogP contribution in [0.5, 0.6) is 0 Å². The van der Waals surface area contributed by atoms with Gasteiger partial charge in [0.15, 0.2) is 0 Å². The number of benzene rings is 1. The molecule has 0 bridgehead atoms. The molecular weight excluding hydrogens is 301 g/mol. The third-order valence-electron chi connectivity index (χ3n) is 4.40. The van der Waals surface area contributed by atoms with Gasteiger partial charge in [-0.1, -0.05) is 47.6 Å². The zero-order valence-electron chi connectivity index (χ0n) is 14.2. The third kappa shape index (κ3) is 3.73. The number of rotatable bonds is 7. The molecule has 0 aromatic heterocycles. The van der Waals surface area contributed by atoms with Crippen LogP contribution in [0.25, 0.3) is 0 Å². The molecule has 1 aromatic rings. The first-order valence-electron chi connectivity index (χ1n) is 7.69. The summed E-state index contributed by atoms with van der Waals surface area (Å²) in [6.45, 7) is 13.4. The van der Waals surface area contributed by atoms with E-state index in [-0.39, 0.29) is 0 Å². The van der Waals surface area contributed by atoms with E-state index in [0.717, 1.165) is 6.07 Å². The summed E-state index contributed by atoms with van der Waals surface area (Å²) in [6, 6.07) is 3.97. The Morgan fingerprint density at radius 1 is 1.14 bits per heavy atom. The summed E-state index contributed by atoms with van der Waals surface area (Å²) in [4.78, 5) is 10.1. The molecule has 4 nitrogen and oxygen atoms in total. The summed E-state index contributed by atoms with van der Waals surface area (Å²) in [6.07, 6.45) is 0. The molecule has 0 saturated heterocycles. The minimum absolute atomic E-state index is 0.294. The first-order valence-corrected chi connectivity index (χ1v) is 9.83. The molecule has 0 amide bonds. The molecule has 22 heavy (non-hydrogen) atoms. The van der Waals surface area contributed by atoms with Crippen LogP contribution in [0.1, 0.15) is 47.1 Å². The van der Waals surface area contributed by atoms with E-state index < -0.39 is 24.7 Å². The van der Waals surface area contributed by atoms with Gasteiger partial charge in [-0.3, -0.25) is 10.1 Å². The highest BCUT2D eigenvalue weighted by Gasteiger charge is 2.45. The topological polar surface area (TPSA) is 52.4 Å². The maximum atomic E-state index is 13.4. The Morgan fingerprint density at radius 3 is 2.05 bits per heavy atom. The number of nitrogens with zero attached hydrogens (tertiary/aromatic N) is 1. The van der Waals surface area contributed by atoms with Crippen LogP contribution in [0.3, 0.4) is 0 Å². The standard InChI is InChI=1S/C16H26FNO3Si/c1-11(2)22(12(3)4,13(5)6)21-10-14-7-8-15(17)16(9-14)18(19)20/h7-9,11-13H,10H2,1-6H3. The minimum atomic E-state index is -2.03. The van der Waals surface area contributed by atoms with Crippen LogP contribution in [0.4, 0.5) is 10.1 Å². The molecular formula is C16H26FNO3Si. The molecule has 1 aromatic carbocycles. The summed E-state index contributed by atoms with van der Waals surface area (Å²) >= 11 is 0. The third-order valence-corrected chi connectivity index (χ3v) is 10.5. The maximum Gasteiger partial charge on any atom is 0.305 e. The molecule has 124 valence electrons. The van der Waals surface area contributed by atoms with Crippen LogP contribution in [-0.4, -0.2) is 13.2 Å². The van der Waals surface area contributed by atoms with E-state index in [9.17, 15) is 14.5 Å². The lowest BCUT2D eigenvalue weighted by molar-refractivity contribution is -0.387. The highest BCUT2D eigenvalue weighted by atomic mass is 28.4. The van der Waals surface area contributed by atoms with Crippen molar-refractivity contribution in [1.29, 1.82) is 0 Å². The predicted molar refractivity (Wildman–Crippen MR) is 88.9 cm³/mol. The van der Waals surface area contributed by atoms with Gasteiger partial charge >= 0.3 is 5.69 Å². The first-order chi connectivity index (χ1) is 10.1. The van der Waals surface area contributed by atoms with E-state index >= 15 is 0 Å². The average Bonchev–Trinajstić information content (AvgIpc) is 2.39. The highest BCUT2D eigenvalue weighted by molar-refractivity contribution is 6.77. The van der Waals surface area contributed by atoms with Gasteiger partial charge in [-0.15, -0.1) is 0 Å². The van der Waals surface area contributed by atoms with Gasteiger partial charge in [0.2, 0.25) is 14.1 Å². The molecule has 0 aliphatic carbocycles. The minimum Gasteiger partial charge on any atom is -0.412 e. The molecule has 0 spiro atoms. The van der Waals surface area contributed by atoms with E-state index in [2.05, 4.69) is 41.5 Å². The summed E-state index contributed by atoms with van der Waals surface area (Å²) in [5.41, 5.74) is 1.45. The van der Waals surface area contributed by atoms with Gasteiger partial charge in [0.1, 0.15) is 0 Å². The van der Waals surface area contributed by atoms with Crippen molar-refractivity contribution in [1.82, 2.24) is 0 Å². The van der Waals surface area contributed by atoms with Gasteiger partial charge in [-0.05, 0) is 28.3 Å². The van der Waals surface area contributed by atoms with Gasteiger partial charge in [-0.2, -0.15) is 4.39 Å². The number of nitro groups is 1. The van der Waals surface area contributed by atoms with E-state index in [1.54, 1.807) is 6.07 Å². The zero-order valence-corrected chi connectivity index (χ0v) is 15.2. The van der Waals surface area contributed by atoms with Crippen molar-refractivity contribution in [2.24, 2.45) is 0 Å². The Hall–Kier alpha value is -1.27. The number of hydrogen-bond acceptors (Lipinski definition) is 3. The van der Waals surface area contributed by atoms with Crippen LogP contribution >= 0.6 is 0 Å². The lowest BCUT2D eigenvalue weighted by atomic mass is 10.2. The van der Waals surface area contributed by atoms with Crippen LogP contribution in [0, 0.1) is 15.9 Å². The molecule has 0 heterocycles. The second kappa shape index (κ2) is 7.33. The number of halogens is 1. The average molecular weight is 327 g/mol. The quantitative estimate of drug-likeness (QED) is 0.381. The zero-order chi connectivity index (χ0) is 17.1. The fourth-order valence-electron chi connectivity index (χ4n) is 3.50. The molecule has 0 fully saturated rings. The Bertz CT molecular complexity index is 510. The van der Waals surface area contributed by atoms with Crippen molar-refractivity contribution in [3.05, 3.63) is 39.7 Å². The van der Waals surface area contributed by atoms with E-state index in [0.29, 0.717) is 28.8 Å². The Morgan fingerprint density at radius 2 is 1.64 bits per heavy atom. The van der Waals surface area contributed by atoms with Gasteiger partial charge in [0, 0.05) is 6.07 Å². The molecule has 0 aliphatic rings. The van der Waals surface area contributed by atoms with Crippen LogP contribution < -0.4 is 0 Å². The van der Waals surface area contributed by atoms with Gasteiger partial charge < -0.3 is 4.43 Å². The van der Waals surface area contributed by atoms with Crippen molar-refractivity contribution >= 4 is 14.0 Å². The van der Waals surface area contributed by atoms with Crippen molar-refractivity contribution in [3.8, 4) is 0 Å². The Balaban J connectivity index is 3.04. The van der Waals surface area contributed by atoms with Crippen molar-refractivity contribution < 1.29 is 13.7 Å².